The number of benzene rings is 9. The lowest BCUT2D eigenvalue weighted by Gasteiger charge is -2.30. The summed E-state index contributed by atoms with van der Waals surface area (Å²) >= 11 is 3.88. The summed E-state index contributed by atoms with van der Waals surface area (Å²) in [4.78, 5) is 0. The molecule has 0 saturated carbocycles. The van der Waals surface area contributed by atoms with Crippen LogP contribution in [0, 0.1) is 0 Å². The summed E-state index contributed by atoms with van der Waals surface area (Å²) in [5.74, 6) is 0. The molecule has 0 atom stereocenters. The molecule has 1 spiro atoms. The van der Waals surface area contributed by atoms with Gasteiger partial charge in [-0.05, 0) is 125 Å². The number of hydrogen-bond acceptors (Lipinski definition) is 2. The van der Waals surface area contributed by atoms with Crippen molar-refractivity contribution in [1.82, 2.24) is 0 Å². The predicted octanol–water partition coefficient (Wildman–Crippen LogP) is 12.9. The molecule has 3 heteroatoms. The standard InChI is InChI=1S/C55H29BS2/c1-4-18-39-32(12-1)33-13-2-5-19-40(33)55(39)41-20-6-3-14-36(41)49-31(15-7-21-42(49)55)30-28-37-34-16-8-24-45-50(34)52-43(22-10-26-47(52)57-45)56-44-23-11-27-48-53(44)51-35(38(29-30)54(37)56)17-9-25-46(51)58-48/h1-29H. The highest BCUT2D eigenvalue weighted by Crippen LogP contribution is 2.64. The van der Waals surface area contributed by atoms with E-state index < -0.39 is 0 Å². The number of thiophene rings is 2. The van der Waals surface area contributed by atoms with Crippen molar-refractivity contribution in [3.8, 4) is 55.6 Å². The second-order valence-electron chi connectivity index (χ2n) is 16.5. The zero-order chi connectivity index (χ0) is 37.4. The Hall–Kier alpha value is -6.52. The SMILES string of the molecule is c1ccc2c(c1)-c1ccccc1C21c2ccccc2-c2c(-c3cc4c5c(c3)-c3cccc6sc7cccc(c7c36)B5c3cccc5sc6cccc-4c6c35)cccc21. The van der Waals surface area contributed by atoms with Crippen molar-refractivity contribution in [3.63, 3.8) is 0 Å². The van der Waals surface area contributed by atoms with Crippen LogP contribution in [0.4, 0.5) is 0 Å². The Morgan fingerprint density at radius 1 is 0.328 bits per heavy atom. The Bertz CT molecular complexity index is 3520. The fourth-order valence-electron chi connectivity index (χ4n) is 12.1. The van der Waals surface area contributed by atoms with Gasteiger partial charge in [0.15, 0.2) is 0 Å². The highest BCUT2D eigenvalue weighted by molar-refractivity contribution is 7.27. The third kappa shape index (κ3) is 3.42. The van der Waals surface area contributed by atoms with Gasteiger partial charge in [-0.2, -0.15) is 0 Å². The molecule has 11 aromatic rings. The smallest absolute Gasteiger partial charge is 0.135 e. The molecule has 0 bridgehead atoms. The van der Waals surface area contributed by atoms with Crippen LogP contribution in [0.5, 0.6) is 0 Å². The maximum atomic E-state index is 2.58. The van der Waals surface area contributed by atoms with Gasteiger partial charge in [0.25, 0.3) is 0 Å². The van der Waals surface area contributed by atoms with E-state index in [2.05, 4.69) is 176 Å². The minimum Gasteiger partial charge on any atom is -0.135 e. The summed E-state index contributed by atoms with van der Waals surface area (Å²) in [5, 5.41) is 5.67. The van der Waals surface area contributed by atoms with E-state index in [0.29, 0.717) is 0 Å². The van der Waals surface area contributed by atoms with Gasteiger partial charge in [-0.15, -0.1) is 22.7 Å². The van der Waals surface area contributed by atoms with Crippen molar-refractivity contribution in [1.29, 1.82) is 0 Å². The summed E-state index contributed by atoms with van der Waals surface area (Å²) in [6.45, 7) is 0.0961. The Morgan fingerprint density at radius 3 is 1.31 bits per heavy atom. The molecule has 2 aliphatic heterocycles. The van der Waals surface area contributed by atoms with Crippen LogP contribution < -0.4 is 16.4 Å². The molecular weight excluding hydrogens is 736 g/mol. The Kier molecular flexibility index (Phi) is 5.54. The van der Waals surface area contributed by atoms with Gasteiger partial charge in [-0.25, -0.2) is 0 Å². The molecule has 9 aromatic carbocycles. The van der Waals surface area contributed by atoms with E-state index in [1.807, 2.05) is 22.7 Å². The average Bonchev–Trinajstić information content (AvgIpc) is 3.98. The van der Waals surface area contributed by atoms with Gasteiger partial charge in [-0.3, -0.25) is 0 Å². The molecule has 0 fully saturated rings. The highest BCUT2D eigenvalue weighted by atomic mass is 32.1. The molecule has 15 rings (SSSR count). The summed E-state index contributed by atoms with van der Waals surface area (Å²) in [6, 6.07) is 68.0. The summed E-state index contributed by atoms with van der Waals surface area (Å²) in [5.41, 5.74) is 22.8. The van der Waals surface area contributed by atoms with Crippen LogP contribution in [-0.4, -0.2) is 6.71 Å². The average molecular weight is 765 g/mol. The van der Waals surface area contributed by atoms with Crippen molar-refractivity contribution >= 4 is 86.1 Å². The van der Waals surface area contributed by atoms with Crippen molar-refractivity contribution < 1.29 is 0 Å². The first-order valence-electron chi connectivity index (χ1n) is 20.3. The van der Waals surface area contributed by atoms with Crippen LogP contribution in [0.1, 0.15) is 22.3 Å². The van der Waals surface area contributed by atoms with Gasteiger partial charge < -0.3 is 0 Å². The van der Waals surface area contributed by atoms with Crippen molar-refractivity contribution in [2.45, 2.75) is 5.41 Å². The van der Waals surface area contributed by atoms with Crippen molar-refractivity contribution in [2.24, 2.45) is 0 Å². The van der Waals surface area contributed by atoms with Crippen molar-refractivity contribution in [2.75, 3.05) is 0 Å². The second kappa shape index (κ2) is 10.5. The Labute approximate surface area is 343 Å². The first kappa shape index (κ1) is 30.6. The molecule has 0 unspecified atom stereocenters. The highest BCUT2D eigenvalue weighted by Gasteiger charge is 2.52. The van der Waals surface area contributed by atoms with Crippen LogP contribution in [0.25, 0.3) is 96.0 Å². The summed E-state index contributed by atoms with van der Waals surface area (Å²) < 4.78 is 5.47. The zero-order valence-electron chi connectivity index (χ0n) is 31.1. The lowest BCUT2D eigenvalue weighted by Crippen LogP contribution is -2.52. The van der Waals surface area contributed by atoms with E-state index in [0.717, 1.165) is 0 Å². The van der Waals surface area contributed by atoms with Gasteiger partial charge in [0, 0.05) is 29.6 Å². The summed E-state index contributed by atoms with van der Waals surface area (Å²) in [7, 11) is 0. The largest absolute Gasteiger partial charge is 0.244 e. The van der Waals surface area contributed by atoms with Gasteiger partial charge in [0.05, 0.1) is 5.41 Å². The molecular formula is C55H29BS2. The molecule has 2 aromatic heterocycles. The fourth-order valence-corrected chi connectivity index (χ4v) is 14.5. The quantitative estimate of drug-likeness (QED) is 0.146. The predicted molar refractivity (Wildman–Crippen MR) is 249 cm³/mol. The van der Waals surface area contributed by atoms with Crippen LogP contribution >= 0.6 is 22.7 Å². The second-order valence-corrected chi connectivity index (χ2v) is 18.7. The van der Waals surface area contributed by atoms with E-state index in [4.69, 9.17) is 0 Å². The van der Waals surface area contributed by atoms with Gasteiger partial charge in [0.2, 0.25) is 6.71 Å². The van der Waals surface area contributed by atoms with E-state index in [-0.39, 0.29) is 12.1 Å². The van der Waals surface area contributed by atoms with E-state index in [9.17, 15) is 0 Å². The number of rotatable bonds is 1. The van der Waals surface area contributed by atoms with Crippen LogP contribution in [0.15, 0.2) is 176 Å². The maximum Gasteiger partial charge on any atom is 0.244 e. The monoisotopic (exact) mass is 764 g/mol. The normalized spacial score (nSPS) is 14.3. The van der Waals surface area contributed by atoms with Crippen LogP contribution in [-0.2, 0) is 5.41 Å². The lowest BCUT2D eigenvalue weighted by molar-refractivity contribution is 0.794. The minimum absolute atomic E-state index is 0.0961. The minimum atomic E-state index is -0.386. The zero-order valence-corrected chi connectivity index (χ0v) is 32.8. The molecule has 0 nitrogen and oxygen atoms in total. The topological polar surface area (TPSA) is 0 Å². The van der Waals surface area contributed by atoms with Crippen LogP contribution in [0.2, 0.25) is 0 Å². The number of fused-ring (bicyclic) bond motifs is 14. The first-order chi connectivity index (χ1) is 28.8. The van der Waals surface area contributed by atoms with Gasteiger partial charge in [-0.1, -0.05) is 156 Å². The van der Waals surface area contributed by atoms with Gasteiger partial charge in [0.1, 0.15) is 0 Å². The van der Waals surface area contributed by atoms with E-state index >= 15 is 0 Å². The summed E-state index contributed by atoms with van der Waals surface area (Å²) in [6.07, 6.45) is 0. The molecule has 0 N–H and O–H groups in total. The maximum absolute atomic E-state index is 2.58. The molecule has 0 amide bonds. The fraction of sp³-hybridized carbons (Fsp3) is 0.0182. The lowest BCUT2D eigenvalue weighted by atomic mass is 9.35. The number of hydrogen-bond donors (Lipinski definition) is 0. The molecule has 4 aliphatic rings. The third-order valence-corrected chi connectivity index (χ3v) is 16.4. The molecule has 264 valence electrons. The first-order valence-corrected chi connectivity index (χ1v) is 21.9. The molecule has 4 heterocycles. The molecule has 0 radical (unpaired) electrons. The Balaban J connectivity index is 1.12. The van der Waals surface area contributed by atoms with Gasteiger partial charge >= 0.3 is 0 Å². The molecule has 58 heavy (non-hydrogen) atoms. The Morgan fingerprint density at radius 2 is 0.741 bits per heavy atom. The van der Waals surface area contributed by atoms with Crippen molar-refractivity contribution in [3.05, 3.63) is 198 Å². The third-order valence-electron chi connectivity index (χ3n) is 14.1. The van der Waals surface area contributed by atoms with E-state index in [1.54, 1.807) is 0 Å². The molecule has 2 aliphatic carbocycles. The molecule has 0 saturated heterocycles. The van der Waals surface area contributed by atoms with Crippen LogP contribution in [0.3, 0.4) is 0 Å². The van der Waals surface area contributed by atoms with E-state index in [1.165, 1.54) is 135 Å².